The molecule has 0 saturated heterocycles. The maximum atomic E-state index is 4.65. The number of nitrogens with one attached hydrogen (secondary N) is 1. The lowest BCUT2D eigenvalue weighted by Crippen LogP contribution is -2.18. The van der Waals surface area contributed by atoms with Gasteiger partial charge in [-0.05, 0) is 37.8 Å². The summed E-state index contributed by atoms with van der Waals surface area (Å²) in [5.74, 6) is 0.993. The number of nitrogens with zero attached hydrogens (tertiary/aromatic N) is 3. The molecule has 2 aromatic heterocycles. The van der Waals surface area contributed by atoms with Gasteiger partial charge in [-0.15, -0.1) is 0 Å². The first-order chi connectivity index (χ1) is 10.3. The first-order valence-corrected chi connectivity index (χ1v) is 7.99. The second-order valence-electron chi connectivity index (χ2n) is 5.92. The van der Waals surface area contributed by atoms with Crippen molar-refractivity contribution in [1.29, 1.82) is 0 Å². The van der Waals surface area contributed by atoms with Gasteiger partial charge < -0.3 is 9.88 Å². The minimum absolute atomic E-state index is 0.583. The number of pyridine rings is 1. The molecule has 0 atom stereocenters. The standard InChI is InChI=1S/C17H24N4/c1-3-14-7-6-10-18-16(14)12-21-11-13(2)19-17(21)20-15-8-4-5-9-15/h6-7,10-11,15H,3-5,8-9,12H2,1-2H3,(H,19,20). The number of hydrogen-bond acceptors (Lipinski definition) is 3. The van der Waals surface area contributed by atoms with Crippen molar-refractivity contribution in [2.45, 2.75) is 58.5 Å². The molecule has 1 fully saturated rings. The smallest absolute Gasteiger partial charge is 0.203 e. The predicted octanol–water partition coefficient (Wildman–Crippen LogP) is 3.55. The molecule has 2 aromatic rings. The monoisotopic (exact) mass is 284 g/mol. The molecule has 0 amide bonds. The summed E-state index contributed by atoms with van der Waals surface area (Å²) in [4.78, 5) is 9.20. The normalized spacial score (nSPS) is 15.5. The molecule has 0 radical (unpaired) electrons. The van der Waals surface area contributed by atoms with Crippen LogP contribution in [0.4, 0.5) is 5.95 Å². The summed E-state index contributed by atoms with van der Waals surface area (Å²) < 4.78 is 2.20. The molecule has 0 aromatic carbocycles. The molecule has 4 heteroatoms. The van der Waals surface area contributed by atoms with Crippen LogP contribution in [-0.4, -0.2) is 20.6 Å². The van der Waals surface area contributed by atoms with E-state index < -0.39 is 0 Å². The fourth-order valence-electron chi connectivity index (χ4n) is 3.13. The zero-order chi connectivity index (χ0) is 14.7. The molecule has 112 valence electrons. The van der Waals surface area contributed by atoms with Gasteiger partial charge in [-0.3, -0.25) is 4.98 Å². The van der Waals surface area contributed by atoms with E-state index in [9.17, 15) is 0 Å². The van der Waals surface area contributed by atoms with E-state index >= 15 is 0 Å². The Kier molecular flexibility index (Phi) is 4.23. The van der Waals surface area contributed by atoms with Gasteiger partial charge in [-0.2, -0.15) is 0 Å². The lowest BCUT2D eigenvalue weighted by molar-refractivity contribution is 0.707. The minimum atomic E-state index is 0.583. The topological polar surface area (TPSA) is 42.7 Å². The molecule has 0 bridgehead atoms. The van der Waals surface area contributed by atoms with Crippen LogP contribution in [0.1, 0.15) is 49.6 Å². The van der Waals surface area contributed by atoms with Gasteiger partial charge in [0.2, 0.25) is 5.95 Å². The largest absolute Gasteiger partial charge is 0.353 e. The summed E-state index contributed by atoms with van der Waals surface area (Å²) in [7, 11) is 0. The van der Waals surface area contributed by atoms with Crippen LogP contribution in [-0.2, 0) is 13.0 Å². The van der Waals surface area contributed by atoms with E-state index in [1.807, 2.05) is 12.3 Å². The van der Waals surface area contributed by atoms with Gasteiger partial charge in [0, 0.05) is 18.4 Å². The van der Waals surface area contributed by atoms with E-state index in [1.165, 1.54) is 31.2 Å². The minimum Gasteiger partial charge on any atom is -0.353 e. The summed E-state index contributed by atoms with van der Waals surface area (Å²) in [6.45, 7) is 5.02. The molecule has 0 unspecified atom stereocenters. The number of rotatable bonds is 5. The number of aromatic nitrogens is 3. The molecule has 0 aliphatic heterocycles. The van der Waals surface area contributed by atoms with E-state index in [4.69, 9.17) is 0 Å². The zero-order valence-corrected chi connectivity index (χ0v) is 13.0. The number of imidazole rings is 1. The van der Waals surface area contributed by atoms with Crippen molar-refractivity contribution in [2.24, 2.45) is 0 Å². The maximum Gasteiger partial charge on any atom is 0.203 e. The average Bonchev–Trinajstić information content (AvgIpc) is 3.10. The Morgan fingerprint density at radius 3 is 2.90 bits per heavy atom. The van der Waals surface area contributed by atoms with Crippen molar-refractivity contribution in [2.75, 3.05) is 5.32 Å². The van der Waals surface area contributed by atoms with E-state index in [0.29, 0.717) is 6.04 Å². The van der Waals surface area contributed by atoms with Crippen molar-refractivity contribution in [3.05, 3.63) is 41.5 Å². The Balaban J connectivity index is 1.81. The van der Waals surface area contributed by atoms with E-state index in [0.717, 1.165) is 30.3 Å². The van der Waals surface area contributed by atoms with Crippen LogP contribution in [0.5, 0.6) is 0 Å². The van der Waals surface area contributed by atoms with Gasteiger partial charge in [0.25, 0.3) is 0 Å². The predicted molar refractivity (Wildman–Crippen MR) is 85.6 cm³/mol. The van der Waals surface area contributed by atoms with E-state index in [2.05, 4.69) is 46.0 Å². The summed E-state index contributed by atoms with van der Waals surface area (Å²) >= 11 is 0. The second-order valence-corrected chi connectivity index (χ2v) is 5.92. The molecule has 1 N–H and O–H groups in total. The Labute approximate surface area is 126 Å². The number of hydrogen-bond donors (Lipinski definition) is 1. The maximum absolute atomic E-state index is 4.65. The molecular formula is C17H24N4. The molecular weight excluding hydrogens is 260 g/mol. The fourth-order valence-corrected chi connectivity index (χ4v) is 3.13. The van der Waals surface area contributed by atoms with Gasteiger partial charge in [0.05, 0.1) is 17.9 Å². The molecule has 21 heavy (non-hydrogen) atoms. The lowest BCUT2D eigenvalue weighted by atomic mass is 10.1. The van der Waals surface area contributed by atoms with E-state index in [1.54, 1.807) is 0 Å². The van der Waals surface area contributed by atoms with Crippen molar-refractivity contribution < 1.29 is 0 Å². The zero-order valence-electron chi connectivity index (χ0n) is 13.0. The number of aryl methyl sites for hydroxylation is 2. The summed E-state index contributed by atoms with van der Waals surface area (Å²) in [5, 5.41) is 3.61. The molecule has 3 rings (SSSR count). The molecule has 1 aliphatic rings. The number of anilines is 1. The van der Waals surface area contributed by atoms with Gasteiger partial charge in [-0.25, -0.2) is 4.98 Å². The van der Waals surface area contributed by atoms with Gasteiger partial charge in [0.1, 0.15) is 0 Å². The summed E-state index contributed by atoms with van der Waals surface area (Å²) in [6.07, 6.45) is 10.2. The van der Waals surface area contributed by atoms with Crippen LogP contribution in [0.15, 0.2) is 24.5 Å². The third-order valence-electron chi connectivity index (χ3n) is 4.27. The van der Waals surface area contributed by atoms with Crippen LogP contribution in [0.2, 0.25) is 0 Å². The Hall–Kier alpha value is -1.84. The van der Waals surface area contributed by atoms with Crippen LogP contribution >= 0.6 is 0 Å². The van der Waals surface area contributed by atoms with Crippen LogP contribution < -0.4 is 5.32 Å². The highest BCUT2D eigenvalue weighted by atomic mass is 15.2. The second kappa shape index (κ2) is 6.29. The van der Waals surface area contributed by atoms with Crippen LogP contribution in [0.3, 0.4) is 0 Å². The highest BCUT2D eigenvalue weighted by Crippen LogP contribution is 2.22. The van der Waals surface area contributed by atoms with E-state index in [-0.39, 0.29) is 0 Å². The average molecular weight is 284 g/mol. The van der Waals surface area contributed by atoms with Crippen molar-refractivity contribution in [3.8, 4) is 0 Å². The van der Waals surface area contributed by atoms with Gasteiger partial charge in [-0.1, -0.05) is 25.8 Å². The van der Waals surface area contributed by atoms with Crippen molar-refractivity contribution in [1.82, 2.24) is 14.5 Å². The molecule has 2 heterocycles. The molecule has 4 nitrogen and oxygen atoms in total. The lowest BCUT2D eigenvalue weighted by Gasteiger charge is -2.15. The van der Waals surface area contributed by atoms with Gasteiger partial charge in [0.15, 0.2) is 0 Å². The highest BCUT2D eigenvalue weighted by molar-refractivity contribution is 5.32. The first kappa shape index (κ1) is 14.1. The molecule has 1 saturated carbocycles. The third-order valence-corrected chi connectivity index (χ3v) is 4.27. The molecule has 1 aliphatic carbocycles. The Morgan fingerprint density at radius 2 is 2.14 bits per heavy atom. The molecule has 0 spiro atoms. The third kappa shape index (κ3) is 3.26. The quantitative estimate of drug-likeness (QED) is 0.913. The summed E-state index contributed by atoms with van der Waals surface area (Å²) in [6, 6.07) is 4.76. The van der Waals surface area contributed by atoms with Crippen molar-refractivity contribution in [3.63, 3.8) is 0 Å². The summed E-state index contributed by atoms with van der Waals surface area (Å²) in [5.41, 5.74) is 3.52. The van der Waals surface area contributed by atoms with Gasteiger partial charge >= 0.3 is 0 Å². The van der Waals surface area contributed by atoms with Crippen molar-refractivity contribution >= 4 is 5.95 Å². The Morgan fingerprint density at radius 1 is 1.33 bits per heavy atom. The van der Waals surface area contributed by atoms with Crippen LogP contribution in [0.25, 0.3) is 0 Å². The fraction of sp³-hybridized carbons (Fsp3) is 0.529. The Bertz CT molecular complexity index is 597. The van der Waals surface area contributed by atoms with Crippen LogP contribution in [0, 0.1) is 6.92 Å². The first-order valence-electron chi connectivity index (χ1n) is 7.99. The SMILES string of the molecule is CCc1cccnc1Cn1cc(C)nc1NC1CCCC1. The highest BCUT2D eigenvalue weighted by Gasteiger charge is 2.17.